The van der Waals surface area contributed by atoms with Crippen LogP contribution in [0.2, 0.25) is 0 Å². The van der Waals surface area contributed by atoms with Crippen molar-refractivity contribution in [3.8, 4) is 0 Å². The first kappa shape index (κ1) is 4.18. The van der Waals surface area contributed by atoms with Crippen LogP contribution in [0, 0.1) is 0 Å². The number of carbonyl (C=O) groups is 1. The predicted octanol–water partition coefficient (Wildman–Crippen LogP) is 0.333. The van der Waals surface area contributed by atoms with Gasteiger partial charge in [0, 0.05) is 0 Å². The van der Waals surface area contributed by atoms with Gasteiger partial charge in [-0.25, -0.2) is 4.79 Å². The van der Waals surface area contributed by atoms with Gasteiger partial charge < -0.3 is 9.84 Å². The van der Waals surface area contributed by atoms with Gasteiger partial charge in [-0.15, -0.1) is 0 Å². The molecule has 0 saturated carbocycles. The Balaban J connectivity index is 2.62. The zero-order valence-corrected chi connectivity index (χ0v) is 3.76. The van der Waals surface area contributed by atoms with Gasteiger partial charge in [-0.3, -0.25) is 0 Å². The molecule has 0 aromatic heterocycles. The lowest BCUT2D eigenvalue weighted by molar-refractivity contribution is -0.133. The molecular formula is C4H4O3. The second kappa shape index (κ2) is 0.992. The Bertz CT molecular complexity index is 140. The molecule has 7 heavy (non-hydrogen) atoms. The molecule has 3 nitrogen and oxygen atoms in total. The van der Waals surface area contributed by atoms with Crippen LogP contribution in [-0.4, -0.2) is 11.1 Å². The number of rotatable bonds is 1. The summed E-state index contributed by atoms with van der Waals surface area (Å²) in [7, 11) is 0. The topological polar surface area (TPSA) is 49.8 Å². The summed E-state index contributed by atoms with van der Waals surface area (Å²) in [5.41, 5.74) is 0. The van der Waals surface area contributed by atoms with Crippen molar-refractivity contribution in [2.75, 3.05) is 0 Å². The van der Waals surface area contributed by atoms with Gasteiger partial charge in [-0.1, -0.05) is 0 Å². The summed E-state index contributed by atoms with van der Waals surface area (Å²) in [5, 5.41) is 8.04. The van der Waals surface area contributed by atoms with E-state index in [0.29, 0.717) is 5.76 Å². The maximum atomic E-state index is 9.79. The summed E-state index contributed by atoms with van der Waals surface area (Å²) in [6, 6.07) is 0. The van der Waals surface area contributed by atoms with Gasteiger partial charge in [0.05, 0.1) is 0 Å². The van der Waals surface area contributed by atoms with Crippen molar-refractivity contribution < 1.29 is 14.6 Å². The molecule has 0 amide bonds. The first-order valence-electron chi connectivity index (χ1n) is 1.84. The Kier molecular flexibility index (Phi) is 0.592. The van der Waals surface area contributed by atoms with Gasteiger partial charge in [0.2, 0.25) is 5.76 Å². The molecule has 38 valence electrons. The number of hydrogen-bond donors (Lipinski definition) is 1. The van der Waals surface area contributed by atoms with Crippen LogP contribution in [0.15, 0.2) is 11.5 Å². The maximum Gasteiger partial charge on any atom is 0.375 e. The summed E-state index contributed by atoms with van der Waals surface area (Å²) in [6.07, 6.45) is 0. The van der Waals surface area contributed by atoms with E-state index in [1.54, 1.807) is 6.92 Å². The molecule has 0 saturated heterocycles. The Morgan fingerprint density at radius 1 is 1.86 bits per heavy atom. The highest BCUT2D eigenvalue weighted by Crippen LogP contribution is 2.24. The molecule has 0 atom stereocenters. The monoisotopic (exact) mass is 100 g/mol. The molecule has 0 unspecified atom stereocenters. The van der Waals surface area contributed by atoms with Crippen LogP contribution in [0.3, 0.4) is 0 Å². The lowest BCUT2D eigenvalue weighted by atomic mass is 10.5. The van der Waals surface area contributed by atoms with E-state index in [1.807, 2.05) is 0 Å². The minimum Gasteiger partial charge on any atom is -0.475 e. The van der Waals surface area contributed by atoms with Gasteiger partial charge >= 0.3 is 5.97 Å². The first-order chi connectivity index (χ1) is 3.22. The van der Waals surface area contributed by atoms with Gasteiger partial charge in [0.15, 0.2) is 5.76 Å². The average molecular weight is 100 g/mol. The van der Waals surface area contributed by atoms with Crippen molar-refractivity contribution in [2.45, 2.75) is 6.92 Å². The van der Waals surface area contributed by atoms with E-state index in [2.05, 4.69) is 4.74 Å². The normalized spacial score (nSPS) is 16.1. The van der Waals surface area contributed by atoms with Gasteiger partial charge in [0.1, 0.15) is 0 Å². The van der Waals surface area contributed by atoms with Gasteiger partial charge in [-0.05, 0) is 6.92 Å². The third-order valence-corrected chi connectivity index (χ3v) is 0.727. The Morgan fingerprint density at radius 2 is 2.29 bits per heavy atom. The Labute approximate surface area is 40.2 Å². The zero-order valence-electron chi connectivity index (χ0n) is 3.76. The smallest absolute Gasteiger partial charge is 0.375 e. The van der Waals surface area contributed by atoms with Crippen LogP contribution in [0.4, 0.5) is 0 Å². The lowest BCUT2D eigenvalue weighted by Gasteiger charge is -1.69. The predicted molar refractivity (Wildman–Crippen MR) is 21.4 cm³/mol. The van der Waals surface area contributed by atoms with Crippen LogP contribution >= 0.6 is 0 Å². The highest BCUT2D eigenvalue weighted by Gasteiger charge is 2.27. The molecule has 0 fully saturated rings. The second-order valence-electron chi connectivity index (χ2n) is 1.29. The van der Waals surface area contributed by atoms with Gasteiger partial charge in [0.25, 0.3) is 0 Å². The van der Waals surface area contributed by atoms with Crippen molar-refractivity contribution in [3.05, 3.63) is 11.5 Å². The molecular weight excluding hydrogens is 96.0 g/mol. The SMILES string of the molecule is CC1=C(C(=O)O)O1. The van der Waals surface area contributed by atoms with Gasteiger partial charge in [-0.2, -0.15) is 0 Å². The molecule has 0 aromatic carbocycles. The number of aliphatic carboxylic acids is 1. The summed E-state index contributed by atoms with van der Waals surface area (Å²) in [6.45, 7) is 1.61. The molecule has 1 aliphatic heterocycles. The van der Waals surface area contributed by atoms with Crippen LogP contribution in [0.25, 0.3) is 0 Å². The number of carboxylic acids is 1. The molecule has 0 aliphatic carbocycles. The Morgan fingerprint density at radius 3 is 2.29 bits per heavy atom. The second-order valence-corrected chi connectivity index (χ2v) is 1.29. The molecule has 1 aliphatic rings. The summed E-state index contributed by atoms with van der Waals surface area (Å²) in [5.74, 6) is -0.356. The van der Waals surface area contributed by atoms with E-state index in [1.165, 1.54) is 0 Å². The van der Waals surface area contributed by atoms with Crippen LogP contribution in [0.1, 0.15) is 6.92 Å². The van der Waals surface area contributed by atoms with Crippen LogP contribution in [-0.2, 0) is 9.53 Å². The number of allylic oxidation sites excluding steroid dienone is 1. The molecule has 1 rings (SSSR count). The van der Waals surface area contributed by atoms with Crippen molar-refractivity contribution in [3.63, 3.8) is 0 Å². The maximum absolute atomic E-state index is 9.79. The van der Waals surface area contributed by atoms with Crippen molar-refractivity contribution in [1.82, 2.24) is 0 Å². The number of ether oxygens (including phenoxy) is 1. The quantitative estimate of drug-likeness (QED) is 0.516. The van der Waals surface area contributed by atoms with Crippen molar-refractivity contribution in [1.29, 1.82) is 0 Å². The third-order valence-electron chi connectivity index (χ3n) is 0.727. The highest BCUT2D eigenvalue weighted by molar-refractivity contribution is 5.88. The summed E-state index contributed by atoms with van der Waals surface area (Å²) >= 11 is 0. The summed E-state index contributed by atoms with van der Waals surface area (Å²) in [4.78, 5) is 9.79. The molecule has 1 heterocycles. The fourth-order valence-corrected chi connectivity index (χ4v) is 0.322. The van der Waals surface area contributed by atoms with E-state index in [-0.39, 0.29) is 5.76 Å². The molecule has 0 aromatic rings. The number of carboxylic acid groups (broad SMARTS) is 1. The number of hydrogen-bond acceptors (Lipinski definition) is 2. The van der Waals surface area contributed by atoms with Crippen molar-refractivity contribution in [2.24, 2.45) is 0 Å². The van der Waals surface area contributed by atoms with Crippen molar-refractivity contribution >= 4 is 5.97 Å². The zero-order chi connectivity index (χ0) is 5.44. The average Bonchev–Trinajstić information content (AvgIpc) is 2.17. The lowest BCUT2D eigenvalue weighted by Crippen LogP contribution is -1.88. The van der Waals surface area contributed by atoms with Crippen LogP contribution in [0.5, 0.6) is 0 Å². The highest BCUT2D eigenvalue weighted by atomic mass is 16.6. The van der Waals surface area contributed by atoms with E-state index in [4.69, 9.17) is 5.11 Å². The minimum atomic E-state index is -0.975. The molecule has 0 bridgehead atoms. The molecule has 3 heteroatoms. The third kappa shape index (κ3) is 0.559. The van der Waals surface area contributed by atoms with E-state index < -0.39 is 5.97 Å². The van der Waals surface area contributed by atoms with E-state index in [9.17, 15) is 4.79 Å². The summed E-state index contributed by atoms with van der Waals surface area (Å²) < 4.78 is 4.41. The molecule has 0 spiro atoms. The minimum absolute atomic E-state index is 0.0972. The largest absolute Gasteiger partial charge is 0.475 e. The fourth-order valence-electron chi connectivity index (χ4n) is 0.322. The molecule has 0 radical (unpaired) electrons. The fraction of sp³-hybridized carbons (Fsp3) is 0.250. The van der Waals surface area contributed by atoms with E-state index >= 15 is 0 Å². The molecule has 1 N–H and O–H groups in total. The van der Waals surface area contributed by atoms with Crippen LogP contribution < -0.4 is 0 Å². The standard InChI is InChI=1S/C4H4O3/c1-2-3(7-2)4(5)6/h1H3,(H,5,6). The van der Waals surface area contributed by atoms with E-state index in [0.717, 1.165) is 0 Å². The Hall–Kier alpha value is -0.990. The first-order valence-corrected chi connectivity index (χ1v) is 1.84.